The van der Waals surface area contributed by atoms with E-state index in [1.807, 2.05) is 0 Å². The maximum Gasteiger partial charge on any atom is 0.244 e. The van der Waals surface area contributed by atoms with Gasteiger partial charge in [0.05, 0.1) is 12.2 Å². The van der Waals surface area contributed by atoms with Crippen LogP contribution < -0.4 is 15.4 Å². The van der Waals surface area contributed by atoms with Crippen LogP contribution in [0.4, 0.5) is 0 Å². The molecule has 0 aliphatic carbocycles. The molecule has 0 saturated carbocycles. The first-order chi connectivity index (χ1) is 9.88. The van der Waals surface area contributed by atoms with Gasteiger partial charge in [0.25, 0.3) is 0 Å². The number of aromatic nitrogens is 2. The molecule has 1 saturated heterocycles. The summed E-state index contributed by atoms with van der Waals surface area (Å²) in [6.45, 7) is 2.99. The number of aryl methyl sites for hydroxylation is 1. The molecule has 1 fully saturated rings. The molecule has 8 nitrogen and oxygen atoms in total. The van der Waals surface area contributed by atoms with Crippen LogP contribution in [0.2, 0.25) is 0 Å². The molecule has 1 aromatic rings. The number of amides is 1. The molecule has 9 heteroatoms. The van der Waals surface area contributed by atoms with Gasteiger partial charge in [-0.25, -0.2) is 8.42 Å². The Morgan fingerprint density at radius 1 is 1.62 bits per heavy atom. The normalized spacial score (nSPS) is 20.4. The van der Waals surface area contributed by atoms with E-state index in [1.54, 1.807) is 7.05 Å². The standard InChI is InChI=1S/C12H21N5O3S/c1-9(12(18)14-6-10-4-3-5-13-10)16-21(19,20)11-7-15-17(2)8-11/h7-10,13,16H,3-6H2,1-2H3,(H,14,18). The van der Waals surface area contributed by atoms with E-state index in [4.69, 9.17) is 0 Å². The van der Waals surface area contributed by atoms with Crippen molar-refractivity contribution in [1.82, 2.24) is 25.1 Å². The van der Waals surface area contributed by atoms with Crippen LogP contribution in [0, 0.1) is 0 Å². The molecule has 0 radical (unpaired) electrons. The number of hydrogen-bond donors (Lipinski definition) is 3. The Balaban J connectivity index is 1.87. The van der Waals surface area contributed by atoms with Crippen molar-refractivity contribution >= 4 is 15.9 Å². The zero-order chi connectivity index (χ0) is 15.5. The lowest BCUT2D eigenvalue weighted by atomic mass is 10.2. The minimum atomic E-state index is -3.73. The summed E-state index contributed by atoms with van der Waals surface area (Å²) in [5, 5.41) is 9.83. The molecule has 1 aliphatic heterocycles. The summed E-state index contributed by atoms with van der Waals surface area (Å²) in [5.41, 5.74) is 0. The Kier molecular flexibility index (Phi) is 4.96. The Hall–Kier alpha value is -1.45. The second-order valence-electron chi connectivity index (χ2n) is 5.23. The summed E-state index contributed by atoms with van der Waals surface area (Å²) >= 11 is 0. The third-order valence-corrected chi connectivity index (χ3v) is 4.90. The van der Waals surface area contributed by atoms with Gasteiger partial charge in [-0.3, -0.25) is 9.48 Å². The summed E-state index contributed by atoms with van der Waals surface area (Å²) in [5.74, 6) is -0.337. The van der Waals surface area contributed by atoms with Gasteiger partial charge in [0.15, 0.2) is 0 Å². The van der Waals surface area contributed by atoms with Crippen molar-refractivity contribution in [1.29, 1.82) is 0 Å². The van der Waals surface area contributed by atoms with Gasteiger partial charge in [-0.05, 0) is 26.3 Å². The summed E-state index contributed by atoms with van der Waals surface area (Å²) in [4.78, 5) is 12.0. The zero-order valence-electron chi connectivity index (χ0n) is 12.2. The molecule has 2 heterocycles. The van der Waals surface area contributed by atoms with Crippen molar-refractivity contribution in [3.63, 3.8) is 0 Å². The summed E-state index contributed by atoms with van der Waals surface area (Å²) in [6, 6.07) is -0.562. The van der Waals surface area contributed by atoms with Crippen LogP contribution in [0.1, 0.15) is 19.8 Å². The molecule has 21 heavy (non-hydrogen) atoms. The van der Waals surface area contributed by atoms with Crippen molar-refractivity contribution in [2.45, 2.75) is 36.7 Å². The van der Waals surface area contributed by atoms with E-state index in [9.17, 15) is 13.2 Å². The van der Waals surface area contributed by atoms with Crippen molar-refractivity contribution < 1.29 is 13.2 Å². The van der Waals surface area contributed by atoms with Crippen LogP contribution in [-0.2, 0) is 21.9 Å². The third kappa shape index (κ3) is 4.26. The number of carbonyl (C=O) groups is 1. The summed E-state index contributed by atoms with van der Waals surface area (Å²) < 4.78 is 27.9. The molecular weight excluding hydrogens is 294 g/mol. The van der Waals surface area contributed by atoms with Crippen LogP contribution in [0.5, 0.6) is 0 Å². The lowest BCUT2D eigenvalue weighted by Gasteiger charge is -2.16. The molecule has 1 amide bonds. The van der Waals surface area contributed by atoms with E-state index in [0.29, 0.717) is 6.54 Å². The molecular formula is C12H21N5O3S. The smallest absolute Gasteiger partial charge is 0.244 e. The minimum Gasteiger partial charge on any atom is -0.353 e. The number of nitrogens with zero attached hydrogens (tertiary/aromatic N) is 2. The highest BCUT2D eigenvalue weighted by Crippen LogP contribution is 2.07. The lowest BCUT2D eigenvalue weighted by molar-refractivity contribution is -0.122. The highest BCUT2D eigenvalue weighted by molar-refractivity contribution is 7.89. The fourth-order valence-corrected chi connectivity index (χ4v) is 3.39. The SMILES string of the molecule is CC(NS(=O)(=O)c1cnn(C)c1)C(=O)NCC1CCCN1. The molecule has 2 atom stereocenters. The van der Waals surface area contributed by atoms with Crippen LogP contribution in [0.25, 0.3) is 0 Å². The van der Waals surface area contributed by atoms with Crippen LogP contribution in [-0.4, -0.2) is 49.3 Å². The van der Waals surface area contributed by atoms with E-state index in [2.05, 4.69) is 20.5 Å². The first-order valence-electron chi connectivity index (χ1n) is 6.90. The average Bonchev–Trinajstić information content (AvgIpc) is 3.06. The maximum atomic E-state index is 12.1. The van der Waals surface area contributed by atoms with Gasteiger partial charge in [0.1, 0.15) is 4.90 Å². The molecule has 0 aromatic carbocycles. The number of hydrogen-bond acceptors (Lipinski definition) is 5. The Morgan fingerprint density at radius 2 is 2.38 bits per heavy atom. The number of nitrogens with one attached hydrogen (secondary N) is 3. The van der Waals surface area contributed by atoms with E-state index in [1.165, 1.54) is 24.0 Å². The monoisotopic (exact) mass is 315 g/mol. The Morgan fingerprint density at radius 3 is 2.95 bits per heavy atom. The maximum absolute atomic E-state index is 12.1. The largest absolute Gasteiger partial charge is 0.353 e. The third-order valence-electron chi connectivity index (χ3n) is 3.40. The van der Waals surface area contributed by atoms with Gasteiger partial charge in [0.2, 0.25) is 15.9 Å². The molecule has 0 bridgehead atoms. The fraction of sp³-hybridized carbons (Fsp3) is 0.667. The molecule has 118 valence electrons. The van der Waals surface area contributed by atoms with Gasteiger partial charge >= 0.3 is 0 Å². The molecule has 1 aliphatic rings. The van der Waals surface area contributed by atoms with E-state index in [-0.39, 0.29) is 16.8 Å². The topological polar surface area (TPSA) is 105 Å². The Bertz CT molecular complexity index is 592. The van der Waals surface area contributed by atoms with Crippen LogP contribution >= 0.6 is 0 Å². The predicted molar refractivity (Wildman–Crippen MR) is 77.0 cm³/mol. The fourth-order valence-electron chi connectivity index (χ4n) is 2.20. The van der Waals surface area contributed by atoms with Crippen molar-refractivity contribution in [3.05, 3.63) is 12.4 Å². The molecule has 2 rings (SSSR count). The van der Waals surface area contributed by atoms with Crippen molar-refractivity contribution in [2.24, 2.45) is 7.05 Å². The second-order valence-corrected chi connectivity index (χ2v) is 6.95. The number of carbonyl (C=O) groups excluding carboxylic acids is 1. The predicted octanol–water partition coefficient (Wildman–Crippen LogP) is -1.04. The minimum absolute atomic E-state index is 0.0436. The van der Waals surface area contributed by atoms with Gasteiger partial charge < -0.3 is 10.6 Å². The summed E-state index contributed by atoms with van der Waals surface area (Å²) in [6.07, 6.45) is 4.75. The lowest BCUT2D eigenvalue weighted by Crippen LogP contribution is -2.47. The van der Waals surface area contributed by atoms with Gasteiger partial charge in [-0.2, -0.15) is 9.82 Å². The average molecular weight is 315 g/mol. The quantitative estimate of drug-likeness (QED) is 0.621. The molecule has 2 unspecified atom stereocenters. The van der Waals surface area contributed by atoms with Gasteiger partial charge in [-0.15, -0.1) is 0 Å². The van der Waals surface area contributed by atoms with Gasteiger partial charge in [0, 0.05) is 25.8 Å². The zero-order valence-corrected chi connectivity index (χ0v) is 13.0. The molecule has 0 spiro atoms. The second kappa shape index (κ2) is 6.54. The van der Waals surface area contributed by atoms with Gasteiger partial charge in [-0.1, -0.05) is 0 Å². The van der Waals surface area contributed by atoms with Crippen molar-refractivity contribution in [2.75, 3.05) is 13.1 Å². The first-order valence-corrected chi connectivity index (χ1v) is 8.39. The van der Waals surface area contributed by atoms with E-state index >= 15 is 0 Å². The first kappa shape index (κ1) is 15.9. The van der Waals surface area contributed by atoms with E-state index in [0.717, 1.165) is 19.4 Å². The summed E-state index contributed by atoms with van der Waals surface area (Å²) in [7, 11) is -2.10. The highest BCUT2D eigenvalue weighted by Gasteiger charge is 2.24. The Labute approximate surface area is 124 Å². The van der Waals surface area contributed by atoms with E-state index < -0.39 is 16.1 Å². The van der Waals surface area contributed by atoms with Crippen LogP contribution in [0.15, 0.2) is 17.3 Å². The molecule has 1 aromatic heterocycles. The highest BCUT2D eigenvalue weighted by atomic mass is 32.2. The van der Waals surface area contributed by atoms with Crippen molar-refractivity contribution in [3.8, 4) is 0 Å². The number of rotatable bonds is 6. The molecule has 3 N–H and O–H groups in total. The number of sulfonamides is 1. The van der Waals surface area contributed by atoms with Crippen LogP contribution in [0.3, 0.4) is 0 Å².